The third-order valence-corrected chi connectivity index (χ3v) is 6.31. The fourth-order valence-electron chi connectivity index (χ4n) is 4.08. The number of anilines is 1. The van der Waals surface area contributed by atoms with Crippen LogP contribution in [0.2, 0.25) is 10.0 Å². The van der Waals surface area contributed by atoms with Gasteiger partial charge in [-0.15, -0.1) is 0 Å². The Morgan fingerprint density at radius 3 is 2.18 bits per heavy atom. The van der Waals surface area contributed by atoms with E-state index in [1.165, 1.54) is 36.3 Å². The topological polar surface area (TPSA) is 87.1 Å². The van der Waals surface area contributed by atoms with E-state index in [9.17, 15) is 19.8 Å². The molecule has 1 aliphatic heterocycles. The van der Waals surface area contributed by atoms with Crippen LogP contribution in [0.5, 0.6) is 11.5 Å². The Balaban J connectivity index is 1.99. The van der Waals surface area contributed by atoms with Crippen molar-refractivity contribution in [2.24, 2.45) is 0 Å². The highest BCUT2D eigenvalue weighted by Crippen LogP contribution is 2.44. The minimum absolute atomic E-state index is 0.0288. The Morgan fingerprint density at radius 2 is 1.59 bits per heavy atom. The molecule has 3 aromatic carbocycles. The number of Topliss-reactive ketones (excluding diaryl/α,β-unsaturated/α-hetero) is 1. The highest BCUT2D eigenvalue weighted by atomic mass is 35.5. The summed E-state index contributed by atoms with van der Waals surface area (Å²) >= 11 is 12.5. The number of carbonyl (C=O) groups is 2. The van der Waals surface area contributed by atoms with E-state index in [4.69, 9.17) is 27.9 Å². The molecular formula is C26H21Cl2NO5. The predicted molar refractivity (Wildman–Crippen MR) is 132 cm³/mol. The number of hydrogen-bond acceptors (Lipinski definition) is 5. The number of rotatable bonds is 4. The van der Waals surface area contributed by atoms with E-state index in [0.717, 1.165) is 11.1 Å². The van der Waals surface area contributed by atoms with Crippen molar-refractivity contribution in [3.63, 3.8) is 0 Å². The van der Waals surface area contributed by atoms with E-state index in [1.807, 2.05) is 32.0 Å². The van der Waals surface area contributed by atoms with Crippen LogP contribution in [-0.4, -0.2) is 29.0 Å². The van der Waals surface area contributed by atoms with Crippen LogP contribution in [0, 0.1) is 13.8 Å². The molecule has 1 fully saturated rings. The van der Waals surface area contributed by atoms with Gasteiger partial charge in [0.1, 0.15) is 11.5 Å². The maximum absolute atomic E-state index is 13.3. The number of hydrogen-bond donors (Lipinski definition) is 2. The maximum Gasteiger partial charge on any atom is 0.300 e. The van der Waals surface area contributed by atoms with Gasteiger partial charge >= 0.3 is 0 Å². The quantitative estimate of drug-likeness (QED) is 0.264. The van der Waals surface area contributed by atoms with Gasteiger partial charge in [0.15, 0.2) is 5.75 Å². The van der Waals surface area contributed by atoms with Gasteiger partial charge in [-0.25, -0.2) is 0 Å². The average Bonchev–Trinajstić information content (AvgIpc) is 3.05. The van der Waals surface area contributed by atoms with Gasteiger partial charge in [0.05, 0.1) is 28.8 Å². The number of ether oxygens (including phenoxy) is 1. The lowest BCUT2D eigenvalue weighted by Gasteiger charge is -2.27. The molecule has 174 valence electrons. The Bertz CT molecular complexity index is 1320. The monoisotopic (exact) mass is 497 g/mol. The van der Waals surface area contributed by atoms with Crippen LogP contribution in [0.15, 0.2) is 60.2 Å². The zero-order chi connectivity index (χ0) is 24.7. The lowest BCUT2D eigenvalue weighted by Crippen LogP contribution is -2.30. The Kier molecular flexibility index (Phi) is 6.30. The first-order valence-electron chi connectivity index (χ1n) is 10.3. The van der Waals surface area contributed by atoms with Crippen molar-refractivity contribution in [1.29, 1.82) is 0 Å². The van der Waals surface area contributed by atoms with Gasteiger partial charge < -0.3 is 14.9 Å². The normalized spacial score (nSPS) is 17.3. The summed E-state index contributed by atoms with van der Waals surface area (Å²) < 4.78 is 5.16. The summed E-state index contributed by atoms with van der Waals surface area (Å²) in [5.41, 5.74) is 2.81. The lowest BCUT2D eigenvalue weighted by molar-refractivity contribution is -0.132. The van der Waals surface area contributed by atoms with Crippen LogP contribution < -0.4 is 9.64 Å². The molecule has 6 nitrogen and oxygen atoms in total. The van der Waals surface area contributed by atoms with Crippen molar-refractivity contribution >= 4 is 46.3 Å². The fourth-order valence-corrected chi connectivity index (χ4v) is 4.72. The van der Waals surface area contributed by atoms with Crippen LogP contribution in [-0.2, 0) is 9.59 Å². The molecule has 1 heterocycles. The number of amides is 1. The number of aliphatic hydroxyl groups excluding tert-OH is 1. The first-order valence-corrected chi connectivity index (χ1v) is 11.1. The zero-order valence-electron chi connectivity index (χ0n) is 18.6. The molecule has 1 unspecified atom stereocenters. The molecule has 8 heteroatoms. The Morgan fingerprint density at radius 1 is 0.971 bits per heavy atom. The second-order valence-electron chi connectivity index (χ2n) is 8.02. The van der Waals surface area contributed by atoms with E-state index in [0.29, 0.717) is 11.3 Å². The van der Waals surface area contributed by atoms with Crippen molar-refractivity contribution in [3.05, 3.63) is 92.5 Å². The van der Waals surface area contributed by atoms with Gasteiger partial charge in [0, 0.05) is 11.3 Å². The molecule has 4 rings (SSSR count). The molecule has 1 atom stereocenters. The fraction of sp³-hybridized carbons (Fsp3) is 0.154. The summed E-state index contributed by atoms with van der Waals surface area (Å²) in [5.74, 6) is -1.79. The lowest BCUT2D eigenvalue weighted by atomic mass is 9.94. The highest BCUT2D eigenvalue weighted by Gasteiger charge is 2.47. The number of nitrogens with zero attached hydrogens (tertiary/aromatic N) is 1. The number of phenols is 1. The molecule has 34 heavy (non-hydrogen) atoms. The molecule has 0 saturated carbocycles. The van der Waals surface area contributed by atoms with Crippen molar-refractivity contribution in [3.8, 4) is 11.5 Å². The van der Waals surface area contributed by atoms with Crippen molar-refractivity contribution in [2.45, 2.75) is 19.9 Å². The predicted octanol–water partition coefficient (Wildman–Crippen LogP) is 5.95. The van der Waals surface area contributed by atoms with E-state index in [2.05, 4.69) is 0 Å². The molecule has 0 spiro atoms. The number of benzene rings is 3. The van der Waals surface area contributed by atoms with Crippen molar-refractivity contribution in [1.82, 2.24) is 0 Å². The number of aromatic hydroxyl groups is 1. The first-order chi connectivity index (χ1) is 16.1. The molecular weight excluding hydrogens is 477 g/mol. The second-order valence-corrected chi connectivity index (χ2v) is 8.84. The molecule has 1 saturated heterocycles. The van der Waals surface area contributed by atoms with Crippen LogP contribution in [0.25, 0.3) is 5.76 Å². The van der Waals surface area contributed by atoms with E-state index in [-0.39, 0.29) is 32.7 Å². The van der Waals surface area contributed by atoms with E-state index >= 15 is 0 Å². The molecule has 0 aromatic heterocycles. The molecule has 1 aliphatic rings. The number of aliphatic hydroxyl groups is 1. The standard InChI is InChI=1S/C26H21Cl2NO5/c1-13-4-5-14(2)20(10-13)29-22(15-6-8-17(30)9-7-15)21(24(32)26(29)33)23(31)16-11-18(27)25(34-3)19(28)12-16/h4-12,22,30-31H,1-3H3/b23-21+. The van der Waals surface area contributed by atoms with Crippen LogP contribution in [0.3, 0.4) is 0 Å². The Hall–Kier alpha value is -3.48. The minimum Gasteiger partial charge on any atom is -0.508 e. The summed E-state index contributed by atoms with van der Waals surface area (Å²) in [6.45, 7) is 3.72. The minimum atomic E-state index is -0.944. The van der Waals surface area contributed by atoms with Crippen LogP contribution >= 0.6 is 23.2 Å². The largest absolute Gasteiger partial charge is 0.508 e. The summed E-state index contributed by atoms with van der Waals surface area (Å²) in [4.78, 5) is 28.0. The molecule has 3 aromatic rings. The summed E-state index contributed by atoms with van der Waals surface area (Å²) in [6.07, 6.45) is 0. The van der Waals surface area contributed by atoms with Crippen molar-refractivity contribution < 1.29 is 24.5 Å². The summed E-state index contributed by atoms with van der Waals surface area (Å²) in [7, 11) is 1.41. The van der Waals surface area contributed by atoms with E-state index < -0.39 is 23.5 Å². The molecule has 0 bridgehead atoms. The highest BCUT2D eigenvalue weighted by molar-refractivity contribution is 6.52. The summed E-state index contributed by atoms with van der Waals surface area (Å²) in [5, 5.41) is 21.3. The van der Waals surface area contributed by atoms with Gasteiger partial charge in [-0.1, -0.05) is 47.5 Å². The third-order valence-electron chi connectivity index (χ3n) is 5.75. The molecule has 0 aliphatic carbocycles. The number of aryl methyl sites for hydroxylation is 2. The van der Waals surface area contributed by atoms with Crippen LogP contribution in [0.4, 0.5) is 5.69 Å². The number of carbonyl (C=O) groups excluding carboxylic acids is 2. The van der Waals surface area contributed by atoms with Gasteiger partial charge in [-0.2, -0.15) is 0 Å². The maximum atomic E-state index is 13.3. The molecule has 1 amide bonds. The molecule has 2 N–H and O–H groups in total. The SMILES string of the molecule is COc1c(Cl)cc(/C(O)=C2\C(=O)C(=O)N(c3cc(C)ccc3C)C2c2ccc(O)cc2)cc1Cl. The van der Waals surface area contributed by atoms with Gasteiger partial charge in [-0.05, 0) is 60.9 Å². The van der Waals surface area contributed by atoms with E-state index in [1.54, 1.807) is 12.1 Å². The second kappa shape index (κ2) is 9.05. The number of ketones is 1. The summed E-state index contributed by atoms with van der Waals surface area (Å²) in [6, 6.07) is 13.6. The first kappa shape index (κ1) is 23.7. The molecule has 0 radical (unpaired) electrons. The van der Waals surface area contributed by atoms with Gasteiger partial charge in [-0.3, -0.25) is 14.5 Å². The number of halogens is 2. The van der Waals surface area contributed by atoms with Gasteiger partial charge in [0.25, 0.3) is 11.7 Å². The number of phenolic OH excluding ortho intramolecular Hbond substituents is 1. The Labute approximate surface area is 206 Å². The third kappa shape index (κ3) is 4.00. The average molecular weight is 498 g/mol. The van der Waals surface area contributed by atoms with Crippen molar-refractivity contribution in [2.75, 3.05) is 12.0 Å². The number of methoxy groups -OCH3 is 1. The van der Waals surface area contributed by atoms with Gasteiger partial charge in [0.2, 0.25) is 0 Å². The smallest absolute Gasteiger partial charge is 0.300 e. The van der Waals surface area contributed by atoms with Crippen LogP contribution in [0.1, 0.15) is 28.3 Å². The zero-order valence-corrected chi connectivity index (χ0v) is 20.1.